The zero-order valence-electron chi connectivity index (χ0n) is 18.2. The van der Waals surface area contributed by atoms with Gasteiger partial charge >= 0.3 is 11.9 Å². The Kier molecular flexibility index (Phi) is 7.87. The number of piperidine rings is 1. The fraction of sp³-hybridized carbons (Fsp3) is 0.391. The first-order valence-electron chi connectivity index (χ1n) is 10.4. The van der Waals surface area contributed by atoms with Gasteiger partial charge in [0.2, 0.25) is 10.0 Å². The molecule has 0 aromatic heterocycles. The van der Waals surface area contributed by atoms with E-state index < -0.39 is 16.0 Å². The van der Waals surface area contributed by atoms with E-state index >= 15 is 0 Å². The maximum absolute atomic E-state index is 12.9. The second kappa shape index (κ2) is 10.6. The highest BCUT2D eigenvalue weighted by molar-refractivity contribution is 7.89. The first-order chi connectivity index (χ1) is 15.3. The summed E-state index contributed by atoms with van der Waals surface area (Å²) >= 11 is 0. The zero-order valence-corrected chi connectivity index (χ0v) is 19.0. The van der Waals surface area contributed by atoms with Crippen molar-refractivity contribution in [2.75, 3.05) is 26.8 Å². The normalized spacial score (nSPS) is 15.2. The fourth-order valence-electron chi connectivity index (χ4n) is 3.53. The predicted molar refractivity (Wildman–Crippen MR) is 117 cm³/mol. The molecule has 1 fully saturated rings. The lowest BCUT2D eigenvalue weighted by Crippen LogP contribution is -2.40. The summed E-state index contributed by atoms with van der Waals surface area (Å²) in [4.78, 5) is 24.3. The summed E-state index contributed by atoms with van der Waals surface area (Å²) in [5.41, 5.74) is 1.06. The van der Waals surface area contributed by atoms with Crippen molar-refractivity contribution in [3.05, 3.63) is 59.7 Å². The molecular weight excluding hydrogens is 434 g/mol. The molecule has 1 aliphatic heterocycles. The topological polar surface area (TPSA) is 99.2 Å². The smallest absolute Gasteiger partial charge is 0.337 e. The number of hydrogen-bond acceptors (Lipinski definition) is 7. The van der Waals surface area contributed by atoms with Crippen molar-refractivity contribution in [3.63, 3.8) is 0 Å². The van der Waals surface area contributed by atoms with Crippen LogP contribution in [0.25, 0.3) is 0 Å². The summed E-state index contributed by atoms with van der Waals surface area (Å²) in [7, 11) is -2.33. The molecule has 1 heterocycles. The third-order valence-corrected chi connectivity index (χ3v) is 7.20. The van der Waals surface area contributed by atoms with Crippen LogP contribution in [0.1, 0.15) is 35.7 Å². The van der Waals surface area contributed by atoms with E-state index in [-0.39, 0.29) is 36.5 Å². The number of methoxy groups -OCH3 is 1. The molecule has 2 aromatic rings. The van der Waals surface area contributed by atoms with Gasteiger partial charge in [0.15, 0.2) is 0 Å². The Hall–Kier alpha value is -2.91. The third-order valence-electron chi connectivity index (χ3n) is 5.29. The van der Waals surface area contributed by atoms with Crippen LogP contribution < -0.4 is 4.74 Å². The van der Waals surface area contributed by atoms with Gasteiger partial charge < -0.3 is 14.2 Å². The van der Waals surface area contributed by atoms with Gasteiger partial charge in [0.25, 0.3) is 0 Å². The van der Waals surface area contributed by atoms with Crippen LogP contribution in [0, 0.1) is 5.92 Å². The highest BCUT2D eigenvalue weighted by Gasteiger charge is 2.32. The minimum absolute atomic E-state index is 0.0361. The number of hydrogen-bond donors (Lipinski definition) is 0. The van der Waals surface area contributed by atoms with E-state index in [0.717, 1.165) is 0 Å². The van der Waals surface area contributed by atoms with Crippen LogP contribution in [0.3, 0.4) is 0 Å². The first-order valence-corrected chi connectivity index (χ1v) is 11.9. The highest BCUT2D eigenvalue weighted by atomic mass is 32.2. The predicted octanol–water partition coefficient (Wildman–Crippen LogP) is 3.02. The molecule has 3 rings (SSSR count). The lowest BCUT2D eigenvalue weighted by atomic mass is 9.98. The molecule has 0 unspecified atom stereocenters. The van der Waals surface area contributed by atoms with E-state index in [4.69, 9.17) is 14.2 Å². The van der Waals surface area contributed by atoms with Crippen LogP contribution in [-0.2, 0) is 30.9 Å². The molecule has 32 heavy (non-hydrogen) atoms. The largest absolute Gasteiger partial charge is 0.494 e. The molecule has 0 saturated carbocycles. The molecule has 8 nitrogen and oxygen atoms in total. The van der Waals surface area contributed by atoms with Crippen LogP contribution in [0.2, 0.25) is 0 Å². The highest BCUT2D eigenvalue weighted by Crippen LogP contribution is 2.26. The second-order valence-electron chi connectivity index (χ2n) is 7.38. The first kappa shape index (κ1) is 23.7. The maximum atomic E-state index is 12.9. The van der Waals surface area contributed by atoms with Gasteiger partial charge in [-0.2, -0.15) is 4.31 Å². The zero-order chi connectivity index (χ0) is 23.1. The number of ether oxygens (including phenoxy) is 3. The second-order valence-corrected chi connectivity index (χ2v) is 9.32. The maximum Gasteiger partial charge on any atom is 0.337 e. The third kappa shape index (κ3) is 5.66. The molecule has 2 aromatic carbocycles. The summed E-state index contributed by atoms with van der Waals surface area (Å²) in [5.74, 6) is -0.582. The molecule has 1 aliphatic rings. The molecule has 0 N–H and O–H groups in total. The van der Waals surface area contributed by atoms with Crippen LogP contribution >= 0.6 is 0 Å². The number of benzene rings is 2. The van der Waals surface area contributed by atoms with Crippen LogP contribution in [0.15, 0.2) is 53.4 Å². The number of carbonyl (C=O) groups excluding carboxylic acids is 2. The fourth-order valence-corrected chi connectivity index (χ4v) is 5.00. The Bertz CT molecular complexity index is 1040. The van der Waals surface area contributed by atoms with Gasteiger partial charge in [-0.3, -0.25) is 4.79 Å². The summed E-state index contributed by atoms with van der Waals surface area (Å²) in [6.07, 6.45) is 0.772. The Labute approximate surface area is 188 Å². The molecule has 0 atom stereocenters. The monoisotopic (exact) mass is 461 g/mol. The molecule has 9 heteroatoms. The van der Waals surface area contributed by atoms with Crippen molar-refractivity contribution in [3.8, 4) is 5.75 Å². The molecule has 0 bridgehead atoms. The van der Waals surface area contributed by atoms with E-state index in [0.29, 0.717) is 36.3 Å². The number of carbonyl (C=O) groups is 2. The van der Waals surface area contributed by atoms with E-state index in [1.807, 2.05) is 6.92 Å². The van der Waals surface area contributed by atoms with Gasteiger partial charge in [0, 0.05) is 13.1 Å². The van der Waals surface area contributed by atoms with E-state index in [1.54, 1.807) is 36.4 Å². The molecule has 172 valence electrons. The summed E-state index contributed by atoms with van der Waals surface area (Å²) < 4.78 is 42.6. The Morgan fingerprint density at radius 2 is 1.75 bits per heavy atom. The van der Waals surface area contributed by atoms with Gasteiger partial charge in [0.1, 0.15) is 12.4 Å². The average Bonchev–Trinajstić information content (AvgIpc) is 2.83. The number of rotatable bonds is 8. The molecular formula is C23H27NO7S. The molecule has 0 spiro atoms. The Morgan fingerprint density at radius 1 is 1.06 bits per heavy atom. The Morgan fingerprint density at radius 3 is 2.38 bits per heavy atom. The van der Waals surface area contributed by atoms with Crippen LogP contribution in [-0.4, -0.2) is 51.5 Å². The summed E-state index contributed by atoms with van der Waals surface area (Å²) in [6.45, 7) is 2.89. The van der Waals surface area contributed by atoms with E-state index in [2.05, 4.69) is 0 Å². The number of nitrogens with zero attached hydrogens (tertiary/aromatic N) is 1. The molecule has 0 radical (unpaired) electrons. The van der Waals surface area contributed by atoms with Crippen molar-refractivity contribution in [2.24, 2.45) is 5.92 Å². The summed E-state index contributed by atoms with van der Waals surface area (Å²) in [5, 5.41) is 0. The van der Waals surface area contributed by atoms with E-state index in [9.17, 15) is 18.0 Å². The van der Waals surface area contributed by atoms with E-state index in [1.165, 1.54) is 23.5 Å². The van der Waals surface area contributed by atoms with Gasteiger partial charge in [-0.05, 0) is 61.7 Å². The van der Waals surface area contributed by atoms with Crippen molar-refractivity contribution in [2.45, 2.75) is 31.3 Å². The minimum Gasteiger partial charge on any atom is -0.494 e. The lowest BCUT2D eigenvalue weighted by Gasteiger charge is -2.30. The van der Waals surface area contributed by atoms with Crippen LogP contribution in [0.4, 0.5) is 0 Å². The summed E-state index contributed by atoms with van der Waals surface area (Å²) in [6, 6.07) is 13.0. The number of esters is 2. The molecule has 0 aliphatic carbocycles. The standard InChI is InChI=1S/C23H27NO7S/c1-3-30-20-7-9-21(10-8-20)32(27,28)24-13-11-18(12-14-24)23(26)31-16-17-5-4-6-19(15-17)22(25)29-2/h4-10,15,18H,3,11-14,16H2,1-2H3. The SMILES string of the molecule is CCOc1ccc(S(=O)(=O)N2CCC(C(=O)OCc3cccc(C(=O)OC)c3)CC2)cc1. The van der Waals surface area contributed by atoms with Crippen molar-refractivity contribution in [1.82, 2.24) is 4.31 Å². The van der Waals surface area contributed by atoms with Gasteiger partial charge in [0.05, 0.1) is 30.1 Å². The van der Waals surface area contributed by atoms with Crippen molar-refractivity contribution < 1.29 is 32.2 Å². The lowest BCUT2D eigenvalue weighted by molar-refractivity contribution is -0.151. The van der Waals surface area contributed by atoms with Crippen LogP contribution in [0.5, 0.6) is 5.75 Å². The quantitative estimate of drug-likeness (QED) is 0.557. The average molecular weight is 462 g/mol. The van der Waals surface area contributed by atoms with Gasteiger partial charge in [-0.25, -0.2) is 13.2 Å². The van der Waals surface area contributed by atoms with Crippen molar-refractivity contribution >= 4 is 22.0 Å². The van der Waals surface area contributed by atoms with Gasteiger partial charge in [-0.15, -0.1) is 0 Å². The van der Waals surface area contributed by atoms with Gasteiger partial charge in [-0.1, -0.05) is 12.1 Å². The molecule has 0 amide bonds. The van der Waals surface area contributed by atoms with Crippen molar-refractivity contribution in [1.29, 1.82) is 0 Å². The molecule has 1 saturated heterocycles. The number of sulfonamides is 1. The Balaban J connectivity index is 1.53. The minimum atomic E-state index is -3.63.